The number of hydrogen-bond donors (Lipinski definition) is 3. The normalized spacial score (nSPS) is 10.8. The van der Waals surface area contributed by atoms with Crippen LogP contribution >= 0.6 is 0 Å². The third-order valence-electron chi connectivity index (χ3n) is 4.78. The molecule has 0 bridgehead atoms. The summed E-state index contributed by atoms with van der Waals surface area (Å²) in [5.41, 5.74) is 8.25. The SMILES string of the molecule is CNC(=O)Nc1cc(NCc2c(C)cccc2C)c2nc(C)c(C)n2c1. The van der Waals surface area contributed by atoms with E-state index >= 15 is 0 Å². The molecule has 136 valence electrons. The van der Waals surface area contributed by atoms with Crippen molar-refractivity contribution < 1.29 is 4.79 Å². The average molecular weight is 351 g/mol. The summed E-state index contributed by atoms with van der Waals surface area (Å²) < 4.78 is 2.01. The Kier molecular flexibility index (Phi) is 4.84. The Morgan fingerprint density at radius 1 is 1.15 bits per heavy atom. The molecular weight excluding hydrogens is 326 g/mol. The third-order valence-corrected chi connectivity index (χ3v) is 4.78. The summed E-state index contributed by atoms with van der Waals surface area (Å²) in [5.74, 6) is 0. The third kappa shape index (κ3) is 3.35. The fourth-order valence-electron chi connectivity index (χ4n) is 3.07. The highest BCUT2D eigenvalue weighted by Crippen LogP contribution is 2.25. The van der Waals surface area contributed by atoms with Gasteiger partial charge in [0.2, 0.25) is 0 Å². The summed E-state index contributed by atoms with van der Waals surface area (Å²) in [6.07, 6.45) is 1.89. The first-order chi connectivity index (χ1) is 12.4. The van der Waals surface area contributed by atoms with Crippen LogP contribution in [0, 0.1) is 27.7 Å². The van der Waals surface area contributed by atoms with E-state index in [9.17, 15) is 4.79 Å². The van der Waals surface area contributed by atoms with E-state index in [1.165, 1.54) is 16.7 Å². The highest BCUT2D eigenvalue weighted by molar-refractivity contribution is 5.90. The minimum atomic E-state index is -0.250. The maximum absolute atomic E-state index is 11.7. The van der Waals surface area contributed by atoms with E-state index in [0.717, 1.165) is 22.7 Å². The Labute approximate surface area is 153 Å². The van der Waals surface area contributed by atoms with Gasteiger partial charge in [-0.25, -0.2) is 9.78 Å². The number of urea groups is 1. The molecule has 0 aliphatic carbocycles. The van der Waals surface area contributed by atoms with Crippen LogP contribution < -0.4 is 16.0 Å². The molecule has 3 rings (SSSR count). The number of anilines is 2. The predicted molar refractivity (Wildman–Crippen MR) is 106 cm³/mol. The first-order valence-electron chi connectivity index (χ1n) is 8.67. The van der Waals surface area contributed by atoms with Gasteiger partial charge in [-0.05, 0) is 50.5 Å². The van der Waals surface area contributed by atoms with Crippen LogP contribution in [0.3, 0.4) is 0 Å². The average Bonchev–Trinajstić information content (AvgIpc) is 2.89. The maximum atomic E-state index is 11.7. The lowest BCUT2D eigenvalue weighted by atomic mass is 10.0. The monoisotopic (exact) mass is 351 g/mol. The van der Waals surface area contributed by atoms with E-state index < -0.39 is 0 Å². The summed E-state index contributed by atoms with van der Waals surface area (Å²) in [6.45, 7) is 8.94. The summed E-state index contributed by atoms with van der Waals surface area (Å²) in [6, 6.07) is 7.98. The van der Waals surface area contributed by atoms with Crippen molar-refractivity contribution in [1.29, 1.82) is 0 Å². The summed E-state index contributed by atoms with van der Waals surface area (Å²) in [5, 5.41) is 8.92. The quantitative estimate of drug-likeness (QED) is 0.667. The molecule has 6 nitrogen and oxygen atoms in total. The predicted octanol–water partition coefficient (Wildman–Crippen LogP) is 3.93. The minimum Gasteiger partial charge on any atom is -0.378 e. The van der Waals surface area contributed by atoms with E-state index in [0.29, 0.717) is 12.2 Å². The van der Waals surface area contributed by atoms with Gasteiger partial charge < -0.3 is 20.4 Å². The van der Waals surface area contributed by atoms with Crippen LogP contribution in [0.25, 0.3) is 5.65 Å². The number of aromatic nitrogens is 2. The molecular formula is C20H25N5O. The number of nitrogens with zero attached hydrogens (tertiary/aromatic N) is 2. The molecule has 2 amide bonds. The molecule has 2 heterocycles. The summed E-state index contributed by atoms with van der Waals surface area (Å²) >= 11 is 0. The van der Waals surface area contributed by atoms with Gasteiger partial charge in [-0.2, -0.15) is 0 Å². The topological polar surface area (TPSA) is 70.5 Å². The second-order valence-electron chi connectivity index (χ2n) is 6.55. The minimum absolute atomic E-state index is 0.250. The maximum Gasteiger partial charge on any atom is 0.319 e. The van der Waals surface area contributed by atoms with Crippen LogP contribution in [0.4, 0.5) is 16.2 Å². The number of imidazole rings is 1. The molecule has 3 N–H and O–H groups in total. The fourth-order valence-corrected chi connectivity index (χ4v) is 3.07. The first-order valence-corrected chi connectivity index (χ1v) is 8.67. The lowest BCUT2D eigenvalue weighted by Gasteiger charge is -2.14. The van der Waals surface area contributed by atoms with Crippen molar-refractivity contribution in [2.24, 2.45) is 0 Å². The van der Waals surface area contributed by atoms with Crippen molar-refractivity contribution in [2.45, 2.75) is 34.2 Å². The van der Waals surface area contributed by atoms with E-state index in [4.69, 9.17) is 0 Å². The van der Waals surface area contributed by atoms with E-state index in [2.05, 4.69) is 53.0 Å². The lowest BCUT2D eigenvalue weighted by Crippen LogP contribution is -2.24. The van der Waals surface area contributed by atoms with Crippen LogP contribution in [0.2, 0.25) is 0 Å². The van der Waals surface area contributed by atoms with Gasteiger partial charge in [0.1, 0.15) is 0 Å². The van der Waals surface area contributed by atoms with Crippen LogP contribution in [0.15, 0.2) is 30.5 Å². The van der Waals surface area contributed by atoms with Crippen LogP contribution in [-0.4, -0.2) is 22.5 Å². The largest absolute Gasteiger partial charge is 0.378 e. The molecule has 2 aromatic heterocycles. The molecule has 0 saturated heterocycles. The molecule has 0 spiro atoms. The smallest absolute Gasteiger partial charge is 0.319 e. The Hall–Kier alpha value is -3.02. The molecule has 0 atom stereocenters. The second kappa shape index (κ2) is 7.07. The molecule has 0 saturated carbocycles. The number of nitrogens with one attached hydrogen (secondary N) is 3. The number of carbonyl (C=O) groups is 1. The van der Waals surface area contributed by atoms with E-state index in [1.54, 1.807) is 7.05 Å². The van der Waals surface area contributed by atoms with Crippen molar-refractivity contribution >= 4 is 23.1 Å². The number of carbonyl (C=O) groups excluding carboxylic acids is 1. The van der Waals surface area contributed by atoms with Crippen LogP contribution in [0.1, 0.15) is 28.1 Å². The van der Waals surface area contributed by atoms with E-state index in [-0.39, 0.29) is 6.03 Å². The zero-order valence-electron chi connectivity index (χ0n) is 15.9. The zero-order chi connectivity index (χ0) is 18.8. The number of rotatable bonds is 4. The van der Waals surface area contributed by atoms with Gasteiger partial charge in [0.05, 0.1) is 17.1 Å². The van der Waals surface area contributed by atoms with Crippen molar-refractivity contribution in [3.63, 3.8) is 0 Å². The molecule has 26 heavy (non-hydrogen) atoms. The zero-order valence-corrected chi connectivity index (χ0v) is 15.9. The Morgan fingerprint density at radius 2 is 1.85 bits per heavy atom. The number of fused-ring (bicyclic) bond motifs is 1. The van der Waals surface area contributed by atoms with Crippen molar-refractivity contribution in [1.82, 2.24) is 14.7 Å². The number of aryl methyl sites for hydroxylation is 4. The van der Waals surface area contributed by atoms with Gasteiger partial charge in [-0.1, -0.05) is 18.2 Å². The van der Waals surface area contributed by atoms with Crippen molar-refractivity contribution in [2.75, 3.05) is 17.7 Å². The molecule has 3 aromatic rings. The van der Waals surface area contributed by atoms with Gasteiger partial charge >= 0.3 is 6.03 Å². The standard InChI is InChI=1S/C20H25N5O/c1-12-7-6-8-13(2)17(12)10-22-18-9-16(24-20(26)21-5)11-25-15(4)14(3)23-19(18)25/h6-9,11,22H,10H2,1-5H3,(H2,21,24,26). The van der Waals surface area contributed by atoms with Crippen LogP contribution in [0.5, 0.6) is 0 Å². The van der Waals surface area contributed by atoms with Gasteiger partial charge in [-0.3, -0.25) is 0 Å². The molecule has 0 fully saturated rings. The summed E-state index contributed by atoms with van der Waals surface area (Å²) in [7, 11) is 1.60. The Balaban J connectivity index is 2.00. The van der Waals surface area contributed by atoms with Gasteiger partial charge in [-0.15, -0.1) is 0 Å². The molecule has 0 aliphatic rings. The van der Waals surface area contributed by atoms with Crippen molar-refractivity contribution in [3.05, 3.63) is 58.5 Å². The Bertz CT molecular complexity index is 954. The second-order valence-corrected chi connectivity index (χ2v) is 6.55. The molecule has 6 heteroatoms. The van der Waals surface area contributed by atoms with Crippen molar-refractivity contribution in [3.8, 4) is 0 Å². The number of benzene rings is 1. The highest BCUT2D eigenvalue weighted by atomic mass is 16.2. The Morgan fingerprint density at radius 3 is 2.50 bits per heavy atom. The molecule has 0 aliphatic heterocycles. The molecule has 1 aromatic carbocycles. The van der Waals surface area contributed by atoms with Gasteiger partial charge in [0, 0.05) is 25.5 Å². The number of pyridine rings is 1. The lowest BCUT2D eigenvalue weighted by molar-refractivity contribution is 0.254. The fraction of sp³-hybridized carbons (Fsp3) is 0.300. The highest BCUT2D eigenvalue weighted by Gasteiger charge is 2.12. The summed E-state index contributed by atoms with van der Waals surface area (Å²) in [4.78, 5) is 16.4. The van der Waals surface area contributed by atoms with Crippen LogP contribution in [-0.2, 0) is 6.54 Å². The number of amides is 2. The van der Waals surface area contributed by atoms with Gasteiger partial charge in [0.25, 0.3) is 0 Å². The molecule has 0 unspecified atom stereocenters. The van der Waals surface area contributed by atoms with Gasteiger partial charge in [0.15, 0.2) is 5.65 Å². The number of hydrogen-bond acceptors (Lipinski definition) is 3. The first kappa shape index (κ1) is 17.8. The molecule has 0 radical (unpaired) electrons. The van der Waals surface area contributed by atoms with E-state index in [1.807, 2.05) is 30.5 Å².